The van der Waals surface area contributed by atoms with Gasteiger partial charge in [0.25, 0.3) is 0 Å². The third-order valence-corrected chi connectivity index (χ3v) is 5.81. The fourth-order valence-corrected chi connectivity index (χ4v) is 3.85. The van der Waals surface area contributed by atoms with E-state index in [4.69, 9.17) is 4.74 Å². The van der Waals surface area contributed by atoms with Crippen molar-refractivity contribution in [3.05, 3.63) is 12.2 Å². The number of esters is 1. The maximum Gasteiger partial charge on any atom is 0.307 e. The number of hydrogen-bond donors (Lipinski definition) is 1. The molecule has 0 amide bonds. The molecule has 0 aromatic rings. The largest absolute Gasteiger partial charge is 0.481 e. The fraction of sp³-hybridized carbons (Fsp3) is 0.852. The van der Waals surface area contributed by atoms with Crippen molar-refractivity contribution in [2.45, 2.75) is 136 Å². The van der Waals surface area contributed by atoms with E-state index < -0.39 is 11.9 Å². The first-order valence-corrected chi connectivity index (χ1v) is 13.1. The van der Waals surface area contributed by atoms with Crippen LogP contribution in [0.4, 0.5) is 0 Å². The van der Waals surface area contributed by atoms with Crippen LogP contribution in [0.25, 0.3) is 0 Å². The van der Waals surface area contributed by atoms with E-state index in [1.54, 1.807) is 0 Å². The molecule has 182 valence electrons. The van der Waals surface area contributed by atoms with Crippen molar-refractivity contribution >= 4 is 11.9 Å². The van der Waals surface area contributed by atoms with Crippen molar-refractivity contribution in [3.8, 4) is 0 Å². The fourth-order valence-electron chi connectivity index (χ4n) is 3.85. The standard InChI is InChI=1S/C27H50O4/c1-3-5-6-7-8-9-10-11-12-13-14-15-16-17-18-19-20-21-22-25(27(29)30)24-26(28)31-23-4-2/h5-6,25H,3-4,7-24H2,1-2H3,(H,29,30)/b6-5+. The molecule has 31 heavy (non-hydrogen) atoms. The van der Waals surface area contributed by atoms with Gasteiger partial charge in [0.2, 0.25) is 0 Å². The molecule has 0 spiro atoms. The van der Waals surface area contributed by atoms with E-state index in [1.165, 1.54) is 83.5 Å². The summed E-state index contributed by atoms with van der Waals surface area (Å²) in [5.41, 5.74) is 0. The van der Waals surface area contributed by atoms with E-state index in [1.807, 2.05) is 6.92 Å². The van der Waals surface area contributed by atoms with Gasteiger partial charge < -0.3 is 9.84 Å². The minimum atomic E-state index is -0.877. The molecule has 1 unspecified atom stereocenters. The maximum absolute atomic E-state index is 11.6. The summed E-state index contributed by atoms with van der Waals surface area (Å²) in [6.07, 6.45) is 26.3. The Labute approximate surface area is 192 Å². The number of hydrogen-bond acceptors (Lipinski definition) is 3. The third-order valence-electron chi connectivity index (χ3n) is 5.81. The number of rotatable bonds is 23. The lowest BCUT2D eigenvalue weighted by atomic mass is 9.97. The highest BCUT2D eigenvalue weighted by Crippen LogP contribution is 2.17. The van der Waals surface area contributed by atoms with Gasteiger partial charge >= 0.3 is 11.9 Å². The number of unbranched alkanes of at least 4 members (excludes halogenated alkanes) is 14. The average Bonchev–Trinajstić information content (AvgIpc) is 2.75. The van der Waals surface area contributed by atoms with E-state index in [0.717, 1.165) is 25.7 Å². The first-order chi connectivity index (χ1) is 15.1. The van der Waals surface area contributed by atoms with Gasteiger partial charge in [0.05, 0.1) is 18.9 Å². The molecule has 0 aromatic carbocycles. The molecule has 0 radical (unpaired) electrons. The molecule has 0 rings (SSSR count). The highest BCUT2D eigenvalue weighted by Gasteiger charge is 2.21. The molecule has 0 aromatic heterocycles. The molecule has 0 bridgehead atoms. The SMILES string of the molecule is CC/C=C/CCCCCCCCCCCCCCCCC(CC(=O)OCCC)C(=O)O. The van der Waals surface area contributed by atoms with Crippen LogP contribution in [0.1, 0.15) is 136 Å². The second-order valence-electron chi connectivity index (χ2n) is 8.87. The predicted molar refractivity (Wildman–Crippen MR) is 130 cm³/mol. The van der Waals surface area contributed by atoms with Gasteiger partial charge in [-0.05, 0) is 32.1 Å². The highest BCUT2D eigenvalue weighted by molar-refractivity contribution is 5.78. The van der Waals surface area contributed by atoms with Crippen molar-refractivity contribution in [1.29, 1.82) is 0 Å². The summed E-state index contributed by atoms with van der Waals surface area (Å²) in [5, 5.41) is 9.28. The minimum Gasteiger partial charge on any atom is -0.481 e. The first-order valence-electron chi connectivity index (χ1n) is 13.1. The summed E-state index contributed by atoms with van der Waals surface area (Å²) in [5.74, 6) is -1.85. The van der Waals surface area contributed by atoms with Crippen LogP contribution in [0, 0.1) is 5.92 Å². The number of carboxylic acid groups (broad SMARTS) is 1. The van der Waals surface area contributed by atoms with Crippen molar-refractivity contribution in [2.75, 3.05) is 6.61 Å². The molecule has 0 aliphatic rings. The van der Waals surface area contributed by atoms with Crippen molar-refractivity contribution in [2.24, 2.45) is 5.92 Å². The molecule has 0 fully saturated rings. The van der Waals surface area contributed by atoms with Crippen molar-refractivity contribution < 1.29 is 19.4 Å². The molecule has 0 saturated carbocycles. The number of allylic oxidation sites excluding steroid dienone is 2. The van der Waals surface area contributed by atoms with Crippen LogP contribution in [-0.2, 0) is 14.3 Å². The van der Waals surface area contributed by atoms with E-state index in [2.05, 4.69) is 19.1 Å². The van der Waals surface area contributed by atoms with Gasteiger partial charge in [0.1, 0.15) is 0 Å². The van der Waals surface area contributed by atoms with Crippen LogP contribution in [0.2, 0.25) is 0 Å². The Morgan fingerprint density at radius 3 is 1.68 bits per heavy atom. The molecule has 0 aliphatic carbocycles. The Morgan fingerprint density at radius 2 is 1.23 bits per heavy atom. The Hall–Kier alpha value is -1.32. The van der Waals surface area contributed by atoms with Gasteiger partial charge in [0.15, 0.2) is 0 Å². The molecule has 0 heterocycles. The number of ether oxygens (including phenoxy) is 1. The summed E-state index contributed by atoms with van der Waals surface area (Å²) >= 11 is 0. The lowest BCUT2D eigenvalue weighted by Gasteiger charge is -2.11. The van der Waals surface area contributed by atoms with Gasteiger partial charge in [-0.15, -0.1) is 0 Å². The van der Waals surface area contributed by atoms with Crippen LogP contribution < -0.4 is 0 Å². The molecule has 1 atom stereocenters. The van der Waals surface area contributed by atoms with E-state index in [-0.39, 0.29) is 12.4 Å². The molecule has 4 nitrogen and oxygen atoms in total. The van der Waals surface area contributed by atoms with E-state index in [9.17, 15) is 14.7 Å². The summed E-state index contributed by atoms with van der Waals surface area (Å²) in [6, 6.07) is 0. The van der Waals surface area contributed by atoms with Crippen LogP contribution in [0.5, 0.6) is 0 Å². The molecular weight excluding hydrogens is 388 g/mol. The maximum atomic E-state index is 11.6. The van der Waals surface area contributed by atoms with Crippen LogP contribution >= 0.6 is 0 Å². The zero-order valence-corrected chi connectivity index (χ0v) is 20.5. The third kappa shape index (κ3) is 21.7. The predicted octanol–water partition coefficient (Wildman–Crippen LogP) is 8.24. The lowest BCUT2D eigenvalue weighted by molar-refractivity contribution is -0.151. The van der Waals surface area contributed by atoms with Crippen molar-refractivity contribution in [3.63, 3.8) is 0 Å². The van der Waals surface area contributed by atoms with Gasteiger partial charge in [-0.25, -0.2) is 0 Å². The van der Waals surface area contributed by atoms with E-state index in [0.29, 0.717) is 13.0 Å². The van der Waals surface area contributed by atoms with E-state index >= 15 is 0 Å². The molecule has 0 aliphatic heterocycles. The first kappa shape index (κ1) is 29.7. The van der Waals surface area contributed by atoms with Gasteiger partial charge in [-0.2, -0.15) is 0 Å². The Balaban J connectivity index is 3.40. The normalized spacial score (nSPS) is 12.3. The number of aliphatic carboxylic acids is 1. The summed E-state index contributed by atoms with van der Waals surface area (Å²) in [4.78, 5) is 22.9. The number of carbonyl (C=O) groups excluding carboxylic acids is 1. The lowest BCUT2D eigenvalue weighted by Crippen LogP contribution is -2.19. The Bertz CT molecular complexity index is 445. The monoisotopic (exact) mass is 438 g/mol. The Kier molecular flexibility index (Phi) is 22.4. The summed E-state index contributed by atoms with van der Waals surface area (Å²) in [6.45, 7) is 4.49. The number of carboxylic acids is 1. The van der Waals surface area contributed by atoms with Gasteiger partial charge in [-0.3, -0.25) is 9.59 Å². The molecule has 0 saturated heterocycles. The van der Waals surface area contributed by atoms with Gasteiger partial charge in [-0.1, -0.05) is 109 Å². The smallest absolute Gasteiger partial charge is 0.307 e. The molecular formula is C27H50O4. The highest BCUT2D eigenvalue weighted by atomic mass is 16.5. The Morgan fingerprint density at radius 1 is 0.742 bits per heavy atom. The minimum absolute atomic E-state index is 0.00559. The quantitative estimate of drug-likeness (QED) is 0.0991. The van der Waals surface area contributed by atoms with Crippen LogP contribution in [-0.4, -0.2) is 23.7 Å². The average molecular weight is 439 g/mol. The summed E-state index contributed by atoms with van der Waals surface area (Å²) < 4.78 is 5.01. The zero-order chi connectivity index (χ0) is 23.0. The second kappa shape index (κ2) is 23.3. The molecule has 1 N–H and O–H groups in total. The topological polar surface area (TPSA) is 63.6 Å². The van der Waals surface area contributed by atoms with Crippen LogP contribution in [0.15, 0.2) is 12.2 Å². The van der Waals surface area contributed by atoms with Gasteiger partial charge in [0, 0.05) is 0 Å². The number of carbonyl (C=O) groups is 2. The zero-order valence-electron chi connectivity index (χ0n) is 20.5. The second-order valence-corrected chi connectivity index (χ2v) is 8.87. The van der Waals surface area contributed by atoms with Crippen LogP contribution in [0.3, 0.4) is 0 Å². The summed E-state index contributed by atoms with van der Waals surface area (Å²) in [7, 11) is 0. The molecule has 4 heteroatoms. The van der Waals surface area contributed by atoms with Crippen molar-refractivity contribution in [1.82, 2.24) is 0 Å².